The monoisotopic (exact) mass is 330 g/mol. The topological polar surface area (TPSA) is 127 Å². The summed E-state index contributed by atoms with van der Waals surface area (Å²) in [5.41, 5.74) is 0.737. The number of hydrogen-bond donors (Lipinski definition) is 2. The Bertz CT molecular complexity index is 806. The minimum absolute atomic E-state index is 0.0977. The summed E-state index contributed by atoms with van der Waals surface area (Å²) in [6, 6.07) is 10.3. The van der Waals surface area contributed by atoms with Gasteiger partial charge in [-0.05, 0) is 19.1 Å². The Labute approximate surface area is 136 Å². The number of aryl methyl sites for hydroxylation is 1. The lowest BCUT2D eigenvalue weighted by Gasteiger charge is -2.08. The first kappa shape index (κ1) is 16.9. The van der Waals surface area contributed by atoms with Gasteiger partial charge in [-0.2, -0.15) is 0 Å². The van der Waals surface area contributed by atoms with E-state index in [2.05, 4.69) is 10.6 Å². The van der Waals surface area contributed by atoms with E-state index >= 15 is 0 Å². The van der Waals surface area contributed by atoms with Crippen LogP contribution >= 0.6 is 0 Å². The van der Waals surface area contributed by atoms with Crippen LogP contribution in [0.1, 0.15) is 5.56 Å². The van der Waals surface area contributed by atoms with Gasteiger partial charge in [0.2, 0.25) is 5.91 Å². The van der Waals surface area contributed by atoms with Crippen LogP contribution in [0.2, 0.25) is 0 Å². The van der Waals surface area contributed by atoms with Gasteiger partial charge >= 0.3 is 0 Å². The molecule has 0 radical (unpaired) electrons. The number of hydrogen-bond acceptors (Lipinski definition) is 6. The highest BCUT2D eigenvalue weighted by Gasteiger charge is 2.14. The van der Waals surface area contributed by atoms with E-state index in [-0.39, 0.29) is 29.3 Å². The van der Waals surface area contributed by atoms with Crippen molar-refractivity contribution in [3.63, 3.8) is 0 Å². The number of nitrogens with one attached hydrogen (secondary N) is 2. The number of amides is 1. The van der Waals surface area contributed by atoms with Crippen LogP contribution in [0, 0.1) is 27.2 Å². The maximum atomic E-state index is 11.9. The predicted octanol–water partition coefficient (Wildman–Crippen LogP) is 2.86. The SMILES string of the molecule is Cc1ccc(NC(=O)CNc2ccccc2[N+](=O)[O-])cc1[N+](=O)[O-]. The van der Waals surface area contributed by atoms with Gasteiger partial charge in [0.15, 0.2) is 0 Å². The molecule has 2 rings (SSSR count). The smallest absolute Gasteiger partial charge is 0.292 e. The number of nitro benzene ring substituents is 2. The van der Waals surface area contributed by atoms with E-state index < -0.39 is 15.8 Å². The zero-order valence-electron chi connectivity index (χ0n) is 12.7. The fourth-order valence-electron chi connectivity index (χ4n) is 2.05. The van der Waals surface area contributed by atoms with E-state index in [0.717, 1.165) is 0 Å². The molecule has 2 aromatic rings. The van der Waals surface area contributed by atoms with Crippen LogP contribution in [0.15, 0.2) is 42.5 Å². The summed E-state index contributed by atoms with van der Waals surface area (Å²) >= 11 is 0. The fraction of sp³-hybridized carbons (Fsp3) is 0.133. The van der Waals surface area contributed by atoms with E-state index in [9.17, 15) is 25.0 Å². The van der Waals surface area contributed by atoms with Crippen LogP contribution in [0.3, 0.4) is 0 Å². The second kappa shape index (κ2) is 7.18. The van der Waals surface area contributed by atoms with Crippen LogP contribution in [0.25, 0.3) is 0 Å². The normalized spacial score (nSPS) is 10.0. The first-order valence-corrected chi connectivity index (χ1v) is 6.90. The largest absolute Gasteiger partial charge is 0.371 e. The van der Waals surface area contributed by atoms with Crippen molar-refractivity contribution >= 4 is 28.7 Å². The standard InChI is InChI=1S/C15H14N4O5/c1-10-6-7-11(8-14(10)19(23)24)17-15(20)9-16-12-4-2-3-5-13(12)18(21)22/h2-8,16H,9H2,1H3,(H,17,20). The molecule has 0 aliphatic rings. The molecule has 0 heterocycles. The van der Waals surface area contributed by atoms with Crippen molar-refractivity contribution in [1.82, 2.24) is 0 Å². The van der Waals surface area contributed by atoms with Gasteiger partial charge in [-0.15, -0.1) is 0 Å². The summed E-state index contributed by atoms with van der Waals surface area (Å²) in [7, 11) is 0. The molecule has 0 aliphatic carbocycles. The van der Waals surface area contributed by atoms with Crippen molar-refractivity contribution in [3.05, 3.63) is 68.3 Å². The predicted molar refractivity (Wildman–Crippen MR) is 88.0 cm³/mol. The molecular weight excluding hydrogens is 316 g/mol. The average molecular weight is 330 g/mol. The molecule has 1 amide bonds. The highest BCUT2D eigenvalue weighted by atomic mass is 16.6. The zero-order chi connectivity index (χ0) is 17.7. The molecule has 24 heavy (non-hydrogen) atoms. The maximum Gasteiger partial charge on any atom is 0.292 e. The van der Waals surface area contributed by atoms with Crippen LogP contribution in [0.4, 0.5) is 22.7 Å². The van der Waals surface area contributed by atoms with Crippen molar-refractivity contribution in [1.29, 1.82) is 0 Å². The second-order valence-electron chi connectivity index (χ2n) is 4.93. The number of nitro groups is 2. The number of carbonyl (C=O) groups is 1. The highest BCUT2D eigenvalue weighted by molar-refractivity contribution is 5.94. The molecule has 0 unspecified atom stereocenters. The molecule has 0 aromatic heterocycles. The summed E-state index contributed by atoms with van der Waals surface area (Å²) in [5.74, 6) is -0.480. The van der Waals surface area contributed by atoms with Crippen LogP contribution < -0.4 is 10.6 Å². The summed E-state index contributed by atoms with van der Waals surface area (Å²) in [6.45, 7) is 1.38. The number of benzene rings is 2. The van der Waals surface area contributed by atoms with Gasteiger partial charge in [-0.1, -0.05) is 18.2 Å². The molecule has 0 bridgehead atoms. The van der Waals surface area contributed by atoms with Crippen molar-refractivity contribution in [2.45, 2.75) is 6.92 Å². The Morgan fingerprint density at radius 2 is 1.71 bits per heavy atom. The molecule has 124 valence electrons. The van der Waals surface area contributed by atoms with Gasteiger partial charge in [0.1, 0.15) is 5.69 Å². The molecule has 0 saturated heterocycles. The minimum Gasteiger partial charge on any atom is -0.371 e. The fourth-order valence-corrected chi connectivity index (χ4v) is 2.05. The van der Waals surface area contributed by atoms with E-state index in [1.54, 1.807) is 19.1 Å². The van der Waals surface area contributed by atoms with Gasteiger partial charge < -0.3 is 10.6 Å². The third-order valence-electron chi connectivity index (χ3n) is 3.23. The molecule has 9 nitrogen and oxygen atoms in total. The van der Waals surface area contributed by atoms with Gasteiger partial charge in [-0.25, -0.2) is 0 Å². The molecule has 0 aliphatic heterocycles. The van der Waals surface area contributed by atoms with Crippen LogP contribution in [-0.4, -0.2) is 22.3 Å². The third kappa shape index (κ3) is 4.03. The van der Waals surface area contributed by atoms with Crippen LogP contribution in [0.5, 0.6) is 0 Å². The van der Waals surface area contributed by atoms with Crippen molar-refractivity contribution in [3.8, 4) is 0 Å². The zero-order valence-corrected chi connectivity index (χ0v) is 12.7. The quantitative estimate of drug-likeness (QED) is 0.619. The highest BCUT2D eigenvalue weighted by Crippen LogP contribution is 2.24. The number of carbonyl (C=O) groups excluding carboxylic acids is 1. The molecule has 9 heteroatoms. The number of para-hydroxylation sites is 2. The van der Waals surface area contributed by atoms with Gasteiger partial charge in [-0.3, -0.25) is 25.0 Å². The van der Waals surface area contributed by atoms with E-state index in [0.29, 0.717) is 5.56 Å². The van der Waals surface area contributed by atoms with E-state index in [1.165, 1.54) is 30.3 Å². The molecule has 0 fully saturated rings. The summed E-state index contributed by atoms with van der Waals surface area (Å²) in [5, 5.41) is 27.0. The van der Waals surface area contributed by atoms with Crippen LogP contribution in [-0.2, 0) is 4.79 Å². The van der Waals surface area contributed by atoms with Gasteiger partial charge in [0.25, 0.3) is 11.4 Å². The molecular formula is C15H14N4O5. The van der Waals surface area contributed by atoms with Crippen molar-refractivity contribution < 1.29 is 14.6 Å². The Kier molecular flexibility index (Phi) is 5.05. The first-order valence-electron chi connectivity index (χ1n) is 6.90. The molecule has 0 spiro atoms. The number of rotatable bonds is 6. The average Bonchev–Trinajstić information content (AvgIpc) is 2.54. The lowest BCUT2D eigenvalue weighted by atomic mass is 10.2. The number of anilines is 2. The maximum absolute atomic E-state index is 11.9. The lowest BCUT2D eigenvalue weighted by molar-refractivity contribution is -0.385. The summed E-state index contributed by atoms with van der Waals surface area (Å²) in [4.78, 5) is 32.6. The Balaban J connectivity index is 2.03. The van der Waals surface area contributed by atoms with E-state index in [4.69, 9.17) is 0 Å². The van der Waals surface area contributed by atoms with Gasteiger partial charge in [0.05, 0.1) is 16.4 Å². The molecule has 0 saturated carbocycles. The second-order valence-corrected chi connectivity index (χ2v) is 4.93. The summed E-state index contributed by atoms with van der Waals surface area (Å²) < 4.78 is 0. The molecule has 2 aromatic carbocycles. The van der Waals surface area contributed by atoms with E-state index in [1.807, 2.05) is 0 Å². The third-order valence-corrected chi connectivity index (χ3v) is 3.23. The minimum atomic E-state index is -0.552. The number of nitrogens with zero attached hydrogens (tertiary/aromatic N) is 2. The van der Waals surface area contributed by atoms with Crippen molar-refractivity contribution in [2.24, 2.45) is 0 Å². The Hall–Kier alpha value is -3.49. The van der Waals surface area contributed by atoms with Crippen molar-refractivity contribution in [2.75, 3.05) is 17.2 Å². The Morgan fingerprint density at radius 3 is 2.38 bits per heavy atom. The molecule has 0 atom stereocenters. The first-order chi connectivity index (χ1) is 11.4. The summed E-state index contributed by atoms with van der Waals surface area (Å²) in [6.07, 6.45) is 0. The Morgan fingerprint density at radius 1 is 1.04 bits per heavy atom. The lowest BCUT2D eigenvalue weighted by Crippen LogP contribution is -2.22. The molecule has 2 N–H and O–H groups in total. The van der Waals surface area contributed by atoms with Gasteiger partial charge in [0, 0.05) is 23.4 Å².